The highest BCUT2D eigenvalue weighted by atomic mass is 16.6. The van der Waals surface area contributed by atoms with Crippen molar-refractivity contribution < 1.29 is 28.2 Å². The van der Waals surface area contributed by atoms with Crippen LogP contribution in [-0.2, 0) is 23.8 Å². The highest BCUT2D eigenvalue weighted by molar-refractivity contribution is 5.84. The fourth-order valence-electron chi connectivity index (χ4n) is 6.66. The summed E-state index contributed by atoms with van der Waals surface area (Å²) in [6.45, 7) is 2.56. The second-order valence-electron chi connectivity index (χ2n) is 8.66. The standard InChI is InChI=1S/C20H20O6/c1-18-8-14(11-4-7-23-9-11)25-17(22)20(18)6-5-19-10-24-16(21)12(19)2-3-13(26-20)15(18)19/h2-4,7,9,12-15H,5-6,8,10H2,1H3/t12-,13+,14+,15?,18+,19+,20+/m0/s1. The summed E-state index contributed by atoms with van der Waals surface area (Å²) in [7, 11) is 0. The van der Waals surface area contributed by atoms with Crippen molar-refractivity contribution in [3.8, 4) is 0 Å². The van der Waals surface area contributed by atoms with Gasteiger partial charge in [-0.3, -0.25) is 4.79 Å². The van der Waals surface area contributed by atoms with Crippen molar-refractivity contribution in [2.24, 2.45) is 22.7 Å². The third-order valence-electron chi connectivity index (χ3n) is 7.79. The van der Waals surface area contributed by atoms with Crippen molar-refractivity contribution >= 4 is 11.9 Å². The number of cyclic esters (lactones) is 2. The first-order valence-electron chi connectivity index (χ1n) is 9.26. The van der Waals surface area contributed by atoms with E-state index in [1.807, 2.05) is 18.2 Å². The number of furan rings is 1. The lowest BCUT2D eigenvalue weighted by molar-refractivity contribution is -0.215. The van der Waals surface area contributed by atoms with Crippen LogP contribution >= 0.6 is 0 Å². The minimum Gasteiger partial charge on any atom is -0.472 e. The van der Waals surface area contributed by atoms with Crippen LogP contribution in [0.5, 0.6) is 0 Å². The van der Waals surface area contributed by atoms with E-state index in [2.05, 4.69) is 6.92 Å². The molecule has 7 atom stereocenters. The molecule has 2 bridgehead atoms. The molecule has 6 nitrogen and oxygen atoms in total. The monoisotopic (exact) mass is 356 g/mol. The average Bonchev–Trinajstić information content (AvgIpc) is 3.28. The normalized spacial score (nSPS) is 50.8. The predicted octanol–water partition coefficient (Wildman–Crippen LogP) is 2.55. The van der Waals surface area contributed by atoms with Crippen LogP contribution in [0.1, 0.15) is 37.9 Å². The molecule has 3 saturated heterocycles. The second-order valence-corrected chi connectivity index (χ2v) is 8.66. The first-order valence-corrected chi connectivity index (χ1v) is 9.26. The van der Waals surface area contributed by atoms with E-state index < -0.39 is 11.0 Å². The molecule has 0 radical (unpaired) electrons. The summed E-state index contributed by atoms with van der Waals surface area (Å²) in [5.74, 6) is -0.595. The van der Waals surface area contributed by atoms with Crippen molar-refractivity contribution in [2.75, 3.05) is 6.61 Å². The van der Waals surface area contributed by atoms with Gasteiger partial charge in [-0.15, -0.1) is 0 Å². The van der Waals surface area contributed by atoms with E-state index in [1.165, 1.54) is 0 Å². The second kappa shape index (κ2) is 4.42. The van der Waals surface area contributed by atoms with Crippen LogP contribution in [0.25, 0.3) is 0 Å². The highest BCUT2D eigenvalue weighted by Crippen LogP contribution is 2.72. The Labute approximate surface area is 150 Å². The van der Waals surface area contributed by atoms with Gasteiger partial charge < -0.3 is 18.6 Å². The van der Waals surface area contributed by atoms with E-state index in [1.54, 1.807) is 12.5 Å². The fraction of sp³-hybridized carbons (Fsp3) is 0.600. The number of hydrogen-bond donors (Lipinski definition) is 0. The lowest BCUT2D eigenvalue weighted by atomic mass is 9.45. The average molecular weight is 356 g/mol. The van der Waals surface area contributed by atoms with Gasteiger partial charge in [0.2, 0.25) is 0 Å². The van der Waals surface area contributed by atoms with Crippen molar-refractivity contribution in [1.29, 1.82) is 0 Å². The Bertz CT molecular complexity index is 842. The van der Waals surface area contributed by atoms with Gasteiger partial charge in [0, 0.05) is 22.3 Å². The molecule has 0 N–H and O–H groups in total. The van der Waals surface area contributed by atoms with E-state index in [0.29, 0.717) is 19.4 Å². The molecule has 1 spiro atoms. The van der Waals surface area contributed by atoms with E-state index in [-0.39, 0.29) is 41.4 Å². The van der Waals surface area contributed by atoms with Crippen LogP contribution in [-0.4, -0.2) is 30.3 Å². The molecule has 4 heterocycles. The lowest BCUT2D eigenvalue weighted by Gasteiger charge is -2.57. The minimum atomic E-state index is -0.932. The van der Waals surface area contributed by atoms with Crippen molar-refractivity contribution in [1.82, 2.24) is 0 Å². The Morgan fingerprint density at radius 2 is 2.08 bits per heavy atom. The fourth-order valence-corrected chi connectivity index (χ4v) is 6.66. The first-order chi connectivity index (χ1) is 12.5. The van der Waals surface area contributed by atoms with E-state index in [0.717, 1.165) is 12.0 Å². The molecule has 136 valence electrons. The number of esters is 2. The molecule has 0 amide bonds. The molecule has 6 heteroatoms. The van der Waals surface area contributed by atoms with Gasteiger partial charge in [-0.2, -0.15) is 0 Å². The van der Waals surface area contributed by atoms with Gasteiger partial charge in [-0.25, -0.2) is 4.79 Å². The number of hydrogen-bond acceptors (Lipinski definition) is 6. The molecule has 1 aromatic heterocycles. The molecule has 1 aromatic rings. The SMILES string of the molecule is C[C@]12C[C@H](c3ccoc3)OC(=O)[C@]13CC[C@@]14COC(=O)[C@@H]1C=C[C@@H](O3)C42. The number of carbonyl (C=O) groups is 2. The molecular formula is C20H20O6. The van der Waals surface area contributed by atoms with Gasteiger partial charge in [0.15, 0.2) is 5.60 Å². The van der Waals surface area contributed by atoms with Crippen molar-refractivity contribution in [2.45, 2.75) is 44.0 Å². The maximum atomic E-state index is 13.2. The largest absolute Gasteiger partial charge is 0.472 e. The summed E-state index contributed by atoms with van der Waals surface area (Å²) >= 11 is 0. The van der Waals surface area contributed by atoms with E-state index in [4.69, 9.17) is 18.6 Å². The molecule has 4 fully saturated rings. The molecule has 1 saturated carbocycles. The van der Waals surface area contributed by atoms with Gasteiger partial charge in [-0.05, 0) is 25.3 Å². The Hall–Kier alpha value is -2.08. The summed E-state index contributed by atoms with van der Waals surface area (Å²) < 4.78 is 22.9. The summed E-state index contributed by atoms with van der Waals surface area (Å²) in [6, 6.07) is 1.84. The molecule has 5 aliphatic rings. The smallest absolute Gasteiger partial charge is 0.339 e. The Morgan fingerprint density at radius 3 is 2.88 bits per heavy atom. The van der Waals surface area contributed by atoms with Crippen LogP contribution in [0.3, 0.4) is 0 Å². The van der Waals surface area contributed by atoms with Crippen LogP contribution in [0.2, 0.25) is 0 Å². The quantitative estimate of drug-likeness (QED) is 0.569. The third-order valence-corrected chi connectivity index (χ3v) is 7.79. The maximum Gasteiger partial charge on any atom is 0.339 e. The highest BCUT2D eigenvalue weighted by Gasteiger charge is 2.79. The molecule has 0 aromatic carbocycles. The molecular weight excluding hydrogens is 336 g/mol. The van der Waals surface area contributed by atoms with E-state index >= 15 is 0 Å². The molecule has 2 aliphatic carbocycles. The summed E-state index contributed by atoms with van der Waals surface area (Å²) in [4.78, 5) is 25.5. The zero-order valence-electron chi connectivity index (χ0n) is 14.5. The maximum absolute atomic E-state index is 13.2. The number of carbonyl (C=O) groups excluding carboxylic acids is 2. The molecule has 26 heavy (non-hydrogen) atoms. The van der Waals surface area contributed by atoms with Crippen LogP contribution < -0.4 is 0 Å². The Balaban J connectivity index is 1.51. The Morgan fingerprint density at radius 1 is 1.19 bits per heavy atom. The summed E-state index contributed by atoms with van der Waals surface area (Å²) in [5.41, 5.74) is -0.750. The first kappa shape index (κ1) is 15.0. The number of rotatable bonds is 1. The van der Waals surface area contributed by atoms with Crippen LogP contribution in [0, 0.1) is 22.7 Å². The Kier molecular flexibility index (Phi) is 2.55. The van der Waals surface area contributed by atoms with Crippen molar-refractivity contribution in [3.05, 3.63) is 36.3 Å². The molecule has 1 unspecified atom stereocenters. The van der Waals surface area contributed by atoms with Crippen LogP contribution in [0.15, 0.2) is 35.2 Å². The summed E-state index contributed by atoms with van der Waals surface area (Å²) in [6.07, 6.45) is 8.59. The van der Waals surface area contributed by atoms with Gasteiger partial charge in [0.25, 0.3) is 0 Å². The van der Waals surface area contributed by atoms with Crippen LogP contribution in [0.4, 0.5) is 0 Å². The van der Waals surface area contributed by atoms with Crippen molar-refractivity contribution in [3.63, 3.8) is 0 Å². The zero-order valence-corrected chi connectivity index (χ0v) is 14.5. The van der Waals surface area contributed by atoms with Gasteiger partial charge in [-0.1, -0.05) is 19.1 Å². The van der Waals surface area contributed by atoms with Gasteiger partial charge >= 0.3 is 11.9 Å². The third kappa shape index (κ3) is 1.43. The topological polar surface area (TPSA) is 75.0 Å². The zero-order chi connectivity index (χ0) is 17.7. The van der Waals surface area contributed by atoms with Gasteiger partial charge in [0.05, 0.1) is 31.2 Å². The number of ether oxygens (including phenoxy) is 3. The lowest BCUT2D eigenvalue weighted by Crippen LogP contribution is -2.64. The predicted molar refractivity (Wildman–Crippen MR) is 86.6 cm³/mol. The molecule has 6 rings (SSSR count). The minimum absolute atomic E-state index is 0.0625. The van der Waals surface area contributed by atoms with E-state index in [9.17, 15) is 9.59 Å². The molecule has 3 aliphatic heterocycles. The van der Waals surface area contributed by atoms with Gasteiger partial charge in [0.1, 0.15) is 6.10 Å². The summed E-state index contributed by atoms with van der Waals surface area (Å²) in [5, 5.41) is 0.